The molecule has 1 atom stereocenters. The van der Waals surface area contributed by atoms with Gasteiger partial charge >= 0.3 is 0 Å². The third kappa shape index (κ3) is 2.63. The van der Waals surface area contributed by atoms with E-state index >= 15 is 0 Å². The van der Waals surface area contributed by atoms with Crippen molar-refractivity contribution in [1.29, 1.82) is 0 Å². The third-order valence-electron chi connectivity index (χ3n) is 3.30. The number of rotatable bonds is 2. The minimum absolute atomic E-state index is 0.0670. The van der Waals surface area contributed by atoms with Crippen molar-refractivity contribution in [3.05, 3.63) is 64.1 Å². The summed E-state index contributed by atoms with van der Waals surface area (Å²) in [6, 6.07) is 16.3. The molecule has 1 aliphatic heterocycles. The predicted molar refractivity (Wildman–Crippen MR) is 88.0 cm³/mol. The smallest absolute Gasteiger partial charge is 0.238 e. The molecule has 1 fully saturated rings. The van der Waals surface area contributed by atoms with Crippen molar-refractivity contribution in [3.8, 4) is 0 Å². The van der Waals surface area contributed by atoms with Crippen LogP contribution in [-0.2, 0) is 4.79 Å². The quantitative estimate of drug-likeness (QED) is 0.794. The molecule has 102 valence electrons. The van der Waals surface area contributed by atoms with E-state index in [1.165, 1.54) is 5.56 Å². The molecule has 20 heavy (non-hydrogen) atoms. The van der Waals surface area contributed by atoms with Crippen molar-refractivity contribution < 1.29 is 4.79 Å². The molecule has 0 N–H and O–H groups in total. The minimum atomic E-state index is 0.0670. The number of benzene rings is 2. The van der Waals surface area contributed by atoms with Crippen LogP contribution in [0.15, 0.2) is 53.0 Å². The number of thioether (sulfide) groups is 1. The lowest BCUT2D eigenvalue weighted by atomic mass is 10.1. The van der Waals surface area contributed by atoms with Gasteiger partial charge in [0.25, 0.3) is 0 Å². The lowest BCUT2D eigenvalue weighted by Gasteiger charge is -2.24. The van der Waals surface area contributed by atoms with Crippen LogP contribution in [0.5, 0.6) is 0 Å². The average molecular weight is 348 g/mol. The van der Waals surface area contributed by atoms with Gasteiger partial charge in [0.2, 0.25) is 5.91 Å². The summed E-state index contributed by atoms with van der Waals surface area (Å²) in [5, 5.41) is 0.0670. The molecule has 0 aromatic heterocycles. The summed E-state index contributed by atoms with van der Waals surface area (Å²) < 4.78 is 1.05. The maximum Gasteiger partial charge on any atom is 0.238 e. The molecule has 1 heterocycles. The van der Waals surface area contributed by atoms with Gasteiger partial charge in [-0.05, 0) is 42.3 Å². The fraction of sp³-hybridized carbons (Fsp3) is 0.188. The normalized spacial score (nSPS) is 18.6. The molecule has 1 amide bonds. The molecule has 4 heteroatoms. The number of amides is 1. The average Bonchev–Trinajstić information content (AvgIpc) is 2.81. The maximum atomic E-state index is 12.2. The van der Waals surface area contributed by atoms with Crippen LogP contribution in [0.4, 0.5) is 5.69 Å². The summed E-state index contributed by atoms with van der Waals surface area (Å²) in [6.45, 7) is 2.05. The van der Waals surface area contributed by atoms with Gasteiger partial charge in [-0.3, -0.25) is 9.69 Å². The number of carbonyl (C=O) groups excluding carboxylic acids is 1. The van der Waals surface area contributed by atoms with E-state index < -0.39 is 0 Å². The highest BCUT2D eigenvalue weighted by Crippen LogP contribution is 2.41. The largest absolute Gasteiger partial charge is 0.295 e. The predicted octanol–water partition coefficient (Wildman–Crippen LogP) is 4.54. The lowest BCUT2D eigenvalue weighted by Crippen LogP contribution is -2.27. The van der Waals surface area contributed by atoms with E-state index in [0.29, 0.717) is 5.75 Å². The van der Waals surface area contributed by atoms with Crippen LogP contribution in [-0.4, -0.2) is 11.7 Å². The summed E-state index contributed by atoms with van der Waals surface area (Å²) in [7, 11) is 0. The Morgan fingerprint density at radius 1 is 1.20 bits per heavy atom. The Labute approximate surface area is 131 Å². The molecule has 0 unspecified atom stereocenters. The van der Waals surface area contributed by atoms with Gasteiger partial charge in [-0.15, -0.1) is 11.8 Å². The van der Waals surface area contributed by atoms with Crippen LogP contribution in [0.25, 0.3) is 0 Å². The van der Waals surface area contributed by atoms with E-state index in [4.69, 9.17) is 0 Å². The van der Waals surface area contributed by atoms with Gasteiger partial charge in [0.05, 0.1) is 5.75 Å². The van der Waals surface area contributed by atoms with Gasteiger partial charge in [-0.2, -0.15) is 0 Å². The molecular formula is C16H14BrNOS. The number of hydrogen-bond acceptors (Lipinski definition) is 2. The molecule has 0 bridgehead atoms. The Hall–Kier alpha value is -1.26. The minimum Gasteiger partial charge on any atom is -0.295 e. The standard InChI is InChI=1S/C16H14BrNOS/c1-11-3-2-4-14(9-11)18-15(19)10-20-16(18)12-5-7-13(17)8-6-12/h2-9,16H,10H2,1H3/t16-/m1/s1. The molecule has 1 saturated heterocycles. The first-order chi connectivity index (χ1) is 9.65. The number of carbonyl (C=O) groups is 1. The molecule has 1 aliphatic rings. The second-order valence-corrected chi connectivity index (χ2v) is 6.80. The van der Waals surface area contributed by atoms with E-state index in [9.17, 15) is 4.79 Å². The van der Waals surface area contributed by atoms with Crippen molar-refractivity contribution in [1.82, 2.24) is 0 Å². The summed E-state index contributed by atoms with van der Waals surface area (Å²) in [5.74, 6) is 0.711. The van der Waals surface area contributed by atoms with E-state index in [-0.39, 0.29) is 11.3 Å². The van der Waals surface area contributed by atoms with E-state index in [1.807, 2.05) is 42.2 Å². The molecule has 0 saturated carbocycles. The van der Waals surface area contributed by atoms with E-state index in [0.717, 1.165) is 15.7 Å². The van der Waals surface area contributed by atoms with E-state index in [1.54, 1.807) is 11.8 Å². The van der Waals surface area contributed by atoms with Crippen molar-refractivity contribution in [2.45, 2.75) is 12.3 Å². The van der Waals surface area contributed by atoms with Gasteiger partial charge in [0, 0.05) is 10.2 Å². The van der Waals surface area contributed by atoms with Crippen molar-refractivity contribution in [2.24, 2.45) is 0 Å². The SMILES string of the molecule is Cc1cccc(N2C(=O)CS[C@@H]2c2ccc(Br)cc2)c1. The molecular weight excluding hydrogens is 334 g/mol. The highest BCUT2D eigenvalue weighted by Gasteiger charge is 2.33. The molecule has 3 rings (SSSR count). The van der Waals surface area contributed by atoms with E-state index in [2.05, 4.69) is 34.1 Å². The molecule has 2 aromatic rings. The van der Waals surface area contributed by atoms with Crippen LogP contribution in [0.3, 0.4) is 0 Å². The Morgan fingerprint density at radius 2 is 1.95 bits per heavy atom. The molecule has 2 nitrogen and oxygen atoms in total. The topological polar surface area (TPSA) is 20.3 Å². The Bertz CT molecular complexity index is 641. The van der Waals surface area contributed by atoms with Crippen LogP contribution in [0.2, 0.25) is 0 Å². The number of hydrogen-bond donors (Lipinski definition) is 0. The number of anilines is 1. The number of nitrogens with zero attached hydrogens (tertiary/aromatic N) is 1. The second kappa shape index (κ2) is 5.62. The number of halogens is 1. The third-order valence-corrected chi connectivity index (χ3v) is 5.04. The molecule has 0 aliphatic carbocycles. The zero-order chi connectivity index (χ0) is 14.1. The van der Waals surface area contributed by atoms with Crippen molar-refractivity contribution in [3.63, 3.8) is 0 Å². The Kier molecular flexibility index (Phi) is 3.85. The monoisotopic (exact) mass is 347 g/mol. The first-order valence-electron chi connectivity index (χ1n) is 6.41. The van der Waals surface area contributed by atoms with Crippen LogP contribution < -0.4 is 4.90 Å². The Balaban J connectivity index is 1.98. The second-order valence-electron chi connectivity index (χ2n) is 4.82. The zero-order valence-corrected chi connectivity index (χ0v) is 13.4. The summed E-state index contributed by atoms with van der Waals surface area (Å²) in [5.41, 5.74) is 3.31. The highest BCUT2D eigenvalue weighted by molar-refractivity contribution is 9.10. The van der Waals surface area contributed by atoms with Crippen LogP contribution >= 0.6 is 27.7 Å². The van der Waals surface area contributed by atoms with Gasteiger partial charge in [-0.1, -0.05) is 40.2 Å². The highest BCUT2D eigenvalue weighted by atomic mass is 79.9. The first kappa shape index (κ1) is 13.7. The summed E-state index contributed by atoms with van der Waals surface area (Å²) in [4.78, 5) is 14.1. The summed E-state index contributed by atoms with van der Waals surface area (Å²) >= 11 is 5.13. The van der Waals surface area contributed by atoms with Crippen LogP contribution in [0.1, 0.15) is 16.5 Å². The van der Waals surface area contributed by atoms with Crippen molar-refractivity contribution in [2.75, 3.05) is 10.7 Å². The molecule has 0 radical (unpaired) electrons. The fourth-order valence-electron chi connectivity index (χ4n) is 2.35. The molecule has 0 spiro atoms. The fourth-order valence-corrected chi connectivity index (χ4v) is 3.80. The first-order valence-corrected chi connectivity index (χ1v) is 8.25. The van der Waals surface area contributed by atoms with Crippen molar-refractivity contribution >= 4 is 39.3 Å². The summed E-state index contributed by atoms with van der Waals surface area (Å²) in [6.07, 6.45) is 0. The number of aryl methyl sites for hydroxylation is 1. The van der Waals surface area contributed by atoms with Gasteiger partial charge in [-0.25, -0.2) is 0 Å². The lowest BCUT2D eigenvalue weighted by molar-refractivity contribution is -0.115. The molecule has 2 aromatic carbocycles. The maximum absolute atomic E-state index is 12.2. The van der Waals surface area contributed by atoms with Gasteiger partial charge in [0.15, 0.2) is 0 Å². The Morgan fingerprint density at radius 3 is 2.65 bits per heavy atom. The van der Waals surface area contributed by atoms with Crippen LogP contribution in [0, 0.1) is 6.92 Å². The van der Waals surface area contributed by atoms with Gasteiger partial charge in [0.1, 0.15) is 5.37 Å². The zero-order valence-electron chi connectivity index (χ0n) is 11.0. The van der Waals surface area contributed by atoms with Gasteiger partial charge < -0.3 is 0 Å².